The van der Waals surface area contributed by atoms with E-state index in [1.54, 1.807) is 0 Å². The fourth-order valence-electron chi connectivity index (χ4n) is 0.499. The summed E-state index contributed by atoms with van der Waals surface area (Å²) in [6, 6.07) is 0. The molecule has 6 nitrogen and oxygen atoms in total. The Morgan fingerprint density at radius 1 is 1.42 bits per heavy atom. The molecule has 0 aromatic carbocycles. The molecule has 0 atom stereocenters. The first-order valence-electron chi connectivity index (χ1n) is 3.47. The molecule has 0 saturated carbocycles. The van der Waals surface area contributed by atoms with Crippen molar-refractivity contribution in [3.63, 3.8) is 0 Å². The van der Waals surface area contributed by atoms with Crippen LogP contribution in [0.4, 0.5) is 0 Å². The zero-order chi connectivity index (χ0) is 9.40. The first-order chi connectivity index (χ1) is 5.66. The van der Waals surface area contributed by atoms with E-state index in [0.717, 1.165) is 0 Å². The summed E-state index contributed by atoms with van der Waals surface area (Å²) < 4.78 is 4.54. The summed E-state index contributed by atoms with van der Waals surface area (Å²) in [5.74, 6) is 3.47. The SMILES string of the molecule is NNCCC(=O)OCCC(=O)O. The Balaban J connectivity index is 3.25. The van der Waals surface area contributed by atoms with E-state index >= 15 is 0 Å². The van der Waals surface area contributed by atoms with Crippen molar-refractivity contribution in [3.05, 3.63) is 0 Å². The summed E-state index contributed by atoms with van der Waals surface area (Å²) in [7, 11) is 0. The molecule has 70 valence electrons. The molecule has 0 radical (unpaired) electrons. The van der Waals surface area contributed by atoms with Crippen molar-refractivity contribution in [1.29, 1.82) is 0 Å². The zero-order valence-corrected chi connectivity index (χ0v) is 6.58. The van der Waals surface area contributed by atoms with E-state index in [2.05, 4.69) is 10.2 Å². The van der Waals surface area contributed by atoms with Crippen LogP contribution in [0.2, 0.25) is 0 Å². The lowest BCUT2D eigenvalue weighted by Gasteiger charge is -2.01. The topological polar surface area (TPSA) is 102 Å². The van der Waals surface area contributed by atoms with E-state index in [0.29, 0.717) is 6.54 Å². The number of rotatable bonds is 6. The molecule has 12 heavy (non-hydrogen) atoms. The van der Waals surface area contributed by atoms with Gasteiger partial charge in [0.25, 0.3) is 0 Å². The van der Waals surface area contributed by atoms with Crippen LogP contribution in [0, 0.1) is 0 Å². The Labute approximate surface area is 69.7 Å². The van der Waals surface area contributed by atoms with Gasteiger partial charge in [0.05, 0.1) is 12.8 Å². The molecule has 0 aliphatic carbocycles. The van der Waals surface area contributed by atoms with Crippen molar-refractivity contribution >= 4 is 11.9 Å². The number of nitrogens with two attached hydrogens (primary N) is 1. The van der Waals surface area contributed by atoms with Gasteiger partial charge in [-0.15, -0.1) is 0 Å². The monoisotopic (exact) mass is 176 g/mol. The molecule has 0 spiro atoms. The maximum atomic E-state index is 10.7. The van der Waals surface area contributed by atoms with Gasteiger partial charge in [-0.05, 0) is 0 Å². The molecule has 0 amide bonds. The minimum absolute atomic E-state index is 0.0846. The molecule has 0 bridgehead atoms. The molecule has 0 aromatic rings. The quantitative estimate of drug-likeness (QED) is 0.268. The van der Waals surface area contributed by atoms with Gasteiger partial charge >= 0.3 is 11.9 Å². The second-order valence-corrected chi connectivity index (χ2v) is 2.07. The summed E-state index contributed by atoms with van der Waals surface area (Å²) in [5.41, 5.74) is 2.28. The predicted octanol–water partition coefficient (Wildman–Crippen LogP) is -1.14. The van der Waals surface area contributed by atoms with Crippen LogP contribution in [-0.2, 0) is 14.3 Å². The van der Waals surface area contributed by atoms with Gasteiger partial charge in [0.1, 0.15) is 6.61 Å². The molecule has 0 fully saturated rings. The maximum Gasteiger partial charge on any atom is 0.307 e. The first kappa shape index (κ1) is 10.9. The number of ether oxygens (including phenoxy) is 1. The Hall–Kier alpha value is -1.14. The van der Waals surface area contributed by atoms with Gasteiger partial charge in [-0.25, -0.2) is 0 Å². The van der Waals surface area contributed by atoms with Crippen LogP contribution in [0.3, 0.4) is 0 Å². The number of hydrogen-bond donors (Lipinski definition) is 3. The molecule has 0 rings (SSSR count). The predicted molar refractivity (Wildman–Crippen MR) is 40.0 cm³/mol. The second-order valence-electron chi connectivity index (χ2n) is 2.07. The van der Waals surface area contributed by atoms with E-state index in [-0.39, 0.29) is 19.4 Å². The van der Waals surface area contributed by atoms with Crippen LogP contribution in [0.25, 0.3) is 0 Å². The Morgan fingerprint density at radius 3 is 2.58 bits per heavy atom. The number of nitrogens with one attached hydrogen (secondary N) is 1. The summed E-state index contributed by atoms with van der Waals surface area (Å²) in [6.07, 6.45) is -0.0160. The fourth-order valence-corrected chi connectivity index (χ4v) is 0.499. The lowest BCUT2D eigenvalue weighted by atomic mass is 10.4. The lowest BCUT2D eigenvalue weighted by Crippen LogP contribution is -2.25. The summed E-state index contributed by atoms with van der Waals surface area (Å²) >= 11 is 0. The van der Waals surface area contributed by atoms with Gasteiger partial charge in [0.2, 0.25) is 0 Å². The highest BCUT2D eigenvalue weighted by Crippen LogP contribution is 1.87. The van der Waals surface area contributed by atoms with Gasteiger partial charge in [-0.1, -0.05) is 0 Å². The molecule has 0 aromatic heterocycles. The molecular weight excluding hydrogens is 164 g/mol. The van der Waals surface area contributed by atoms with E-state index in [4.69, 9.17) is 10.9 Å². The highest BCUT2D eigenvalue weighted by Gasteiger charge is 2.02. The molecule has 0 heterocycles. The molecule has 0 unspecified atom stereocenters. The van der Waals surface area contributed by atoms with Crippen molar-refractivity contribution in [1.82, 2.24) is 5.43 Å². The molecule has 6 heteroatoms. The van der Waals surface area contributed by atoms with Crippen LogP contribution in [0.5, 0.6) is 0 Å². The number of aliphatic carboxylic acids is 1. The van der Waals surface area contributed by atoms with Crippen LogP contribution < -0.4 is 11.3 Å². The van der Waals surface area contributed by atoms with Crippen LogP contribution in [0.15, 0.2) is 0 Å². The van der Waals surface area contributed by atoms with Crippen LogP contribution in [-0.4, -0.2) is 30.2 Å². The Kier molecular flexibility index (Phi) is 5.94. The van der Waals surface area contributed by atoms with E-state index in [9.17, 15) is 9.59 Å². The molecule has 4 N–H and O–H groups in total. The number of hydrogen-bond acceptors (Lipinski definition) is 5. The fraction of sp³-hybridized carbons (Fsp3) is 0.667. The third kappa shape index (κ3) is 6.97. The third-order valence-corrected chi connectivity index (χ3v) is 1.05. The number of esters is 1. The normalized spacial score (nSPS) is 9.42. The smallest absolute Gasteiger partial charge is 0.307 e. The van der Waals surface area contributed by atoms with E-state index in [1.807, 2.05) is 0 Å². The van der Waals surface area contributed by atoms with Crippen molar-refractivity contribution in [2.75, 3.05) is 13.2 Å². The molecule has 0 saturated heterocycles. The Morgan fingerprint density at radius 2 is 2.08 bits per heavy atom. The summed E-state index contributed by atoms with van der Waals surface area (Å²) in [4.78, 5) is 20.6. The number of carbonyl (C=O) groups excluding carboxylic acids is 1. The van der Waals surface area contributed by atoms with Crippen LogP contribution in [0.1, 0.15) is 12.8 Å². The zero-order valence-electron chi connectivity index (χ0n) is 6.58. The maximum absolute atomic E-state index is 10.7. The Bertz CT molecular complexity index is 160. The highest BCUT2D eigenvalue weighted by molar-refractivity contribution is 5.70. The van der Waals surface area contributed by atoms with E-state index < -0.39 is 11.9 Å². The van der Waals surface area contributed by atoms with Crippen molar-refractivity contribution in [3.8, 4) is 0 Å². The van der Waals surface area contributed by atoms with Gasteiger partial charge < -0.3 is 9.84 Å². The van der Waals surface area contributed by atoms with Crippen molar-refractivity contribution in [2.45, 2.75) is 12.8 Å². The summed E-state index contributed by atoms with van der Waals surface area (Å²) in [5, 5.41) is 8.18. The summed E-state index contributed by atoms with van der Waals surface area (Å²) in [6.45, 7) is 0.241. The molecular formula is C6H12N2O4. The highest BCUT2D eigenvalue weighted by atomic mass is 16.5. The molecule has 0 aliphatic heterocycles. The number of carboxylic acid groups (broad SMARTS) is 1. The third-order valence-electron chi connectivity index (χ3n) is 1.05. The number of carbonyl (C=O) groups is 2. The van der Waals surface area contributed by atoms with Gasteiger partial charge in [-0.3, -0.25) is 20.9 Å². The standard InChI is InChI=1S/C6H12N2O4/c7-8-3-1-6(11)12-4-2-5(9)10/h8H,1-4,7H2,(H,9,10). The van der Waals surface area contributed by atoms with Crippen LogP contribution >= 0.6 is 0 Å². The van der Waals surface area contributed by atoms with Gasteiger partial charge in [-0.2, -0.15) is 0 Å². The average Bonchev–Trinajstić information content (AvgIpc) is 2.00. The average molecular weight is 176 g/mol. The number of hydrazine groups is 1. The minimum Gasteiger partial charge on any atom is -0.481 e. The van der Waals surface area contributed by atoms with E-state index in [1.165, 1.54) is 0 Å². The minimum atomic E-state index is -0.986. The first-order valence-corrected chi connectivity index (χ1v) is 3.47. The van der Waals surface area contributed by atoms with Gasteiger partial charge in [0.15, 0.2) is 0 Å². The molecule has 0 aliphatic rings. The second kappa shape index (κ2) is 6.56. The largest absolute Gasteiger partial charge is 0.481 e. The lowest BCUT2D eigenvalue weighted by molar-refractivity contribution is -0.146. The van der Waals surface area contributed by atoms with Crippen molar-refractivity contribution in [2.24, 2.45) is 5.84 Å². The van der Waals surface area contributed by atoms with Gasteiger partial charge in [0, 0.05) is 6.54 Å². The number of carboxylic acids is 1. The van der Waals surface area contributed by atoms with Crippen molar-refractivity contribution < 1.29 is 19.4 Å².